The van der Waals surface area contributed by atoms with E-state index in [0.717, 1.165) is 0 Å². The van der Waals surface area contributed by atoms with E-state index in [-0.39, 0.29) is 17.4 Å². The molecule has 1 aromatic heterocycles. The van der Waals surface area contributed by atoms with Gasteiger partial charge in [0.1, 0.15) is 23.0 Å². The molecule has 0 radical (unpaired) electrons. The number of hydrogen-bond donors (Lipinski definition) is 0. The lowest BCUT2D eigenvalue weighted by molar-refractivity contribution is -0.385. The molecule has 0 aliphatic heterocycles. The van der Waals surface area contributed by atoms with Gasteiger partial charge in [0.15, 0.2) is 5.69 Å². The molecule has 0 bridgehead atoms. The lowest BCUT2D eigenvalue weighted by Crippen LogP contribution is -2.11. The van der Waals surface area contributed by atoms with E-state index in [0.29, 0.717) is 12.1 Å². The van der Waals surface area contributed by atoms with Gasteiger partial charge in [0, 0.05) is 6.07 Å². The quantitative estimate of drug-likeness (QED) is 0.487. The van der Waals surface area contributed by atoms with Crippen molar-refractivity contribution >= 4 is 11.5 Å². The second kappa shape index (κ2) is 5.53. The van der Waals surface area contributed by atoms with Crippen LogP contribution < -0.4 is 0 Å². The maximum absolute atomic E-state index is 12.6. The lowest BCUT2D eigenvalue weighted by atomic mass is 9.98. The van der Waals surface area contributed by atoms with Gasteiger partial charge in [0.25, 0.3) is 5.69 Å². The molecule has 0 aliphatic carbocycles. The Hall–Kier alpha value is -3.22. The standard InChI is InChI=1S/C13H6F3N3O4/c1-6-11(9(5-17)18-23-6)12(20)8-3-2-7(13(14,15)16)4-10(8)19(21)22/h2-4H,1H3. The van der Waals surface area contributed by atoms with Crippen molar-refractivity contribution in [2.45, 2.75) is 13.1 Å². The summed E-state index contributed by atoms with van der Waals surface area (Å²) in [6, 6.07) is 3.08. The fourth-order valence-electron chi connectivity index (χ4n) is 1.90. The molecule has 7 nitrogen and oxygen atoms in total. The monoisotopic (exact) mass is 325 g/mol. The molecule has 0 aliphatic rings. The largest absolute Gasteiger partial charge is 0.416 e. The van der Waals surface area contributed by atoms with Crippen LogP contribution in [0.3, 0.4) is 0 Å². The number of carbonyl (C=O) groups is 1. The molecule has 1 heterocycles. The van der Waals surface area contributed by atoms with E-state index in [9.17, 15) is 28.1 Å². The van der Waals surface area contributed by atoms with Gasteiger partial charge in [-0.2, -0.15) is 18.4 Å². The molecular formula is C13H6F3N3O4. The Labute approximate surface area is 126 Å². The van der Waals surface area contributed by atoms with E-state index < -0.39 is 39.4 Å². The third-order valence-corrected chi connectivity index (χ3v) is 2.96. The van der Waals surface area contributed by atoms with Crippen LogP contribution in [0.4, 0.5) is 18.9 Å². The number of hydrogen-bond acceptors (Lipinski definition) is 6. The summed E-state index contributed by atoms with van der Waals surface area (Å²) < 4.78 is 42.6. The van der Waals surface area contributed by atoms with E-state index in [1.807, 2.05) is 0 Å². The molecular weight excluding hydrogens is 319 g/mol. The first-order chi connectivity index (χ1) is 10.7. The predicted octanol–water partition coefficient (Wildman–Crippen LogP) is 3.01. The molecule has 0 N–H and O–H groups in total. The first-order valence-corrected chi connectivity index (χ1v) is 5.93. The van der Waals surface area contributed by atoms with Gasteiger partial charge in [-0.3, -0.25) is 14.9 Å². The number of alkyl halides is 3. The van der Waals surface area contributed by atoms with Crippen molar-refractivity contribution in [3.63, 3.8) is 0 Å². The van der Waals surface area contributed by atoms with Crippen LogP contribution in [-0.2, 0) is 6.18 Å². The van der Waals surface area contributed by atoms with Crippen LogP contribution >= 0.6 is 0 Å². The molecule has 0 unspecified atom stereocenters. The first kappa shape index (κ1) is 16.2. The highest BCUT2D eigenvalue weighted by atomic mass is 19.4. The number of aryl methyl sites for hydroxylation is 1. The fraction of sp³-hybridized carbons (Fsp3) is 0.154. The summed E-state index contributed by atoms with van der Waals surface area (Å²) in [5, 5.41) is 23.2. The molecule has 0 saturated heterocycles. The maximum atomic E-state index is 12.6. The minimum Gasteiger partial charge on any atom is -0.360 e. The van der Waals surface area contributed by atoms with Gasteiger partial charge < -0.3 is 4.52 Å². The number of nitriles is 1. The highest BCUT2D eigenvalue weighted by Gasteiger charge is 2.35. The van der Waals surface area contributed by atoms with Gasteiger partial charge in [-0.25, -0.2) is 0 Å². The maximum Gasteiger partial charge on any atom is 0.416 e. The Morgan fingerprint density at radius 3 is 2.61 bits per heavy atom. The van der Waals surface area contributed by atoms with Crippen LogP contribution in [0.5, 0.6) is 0 Å². The molecule has 0 saturated carbocycles. The highest BCUT2D eigenvalue weighted by molar-refractivity contribution is 6.13. The molecule has 0 amide bonds. The number of ketones is 1. The molecule has 1 aromatic carbocycles. The van der Waals surface area contributed by atoms with Crippen molar-refractivity contribution in [3.05, 3.63) is 56.5 Å². The van der Waals surface area contributed by atoms with Gasteiger partial charge in [-0.15, -0.1) is 0 Å². The number of nitro groups is 1. The fourth-order valence-corrected chi connectivity index (χ4v) is 1.90. The SMILES string of the molecule is Cc1onc(C#N)c1C(=O)c1ccc(C(F)(F)F)cc1[N+](=O)[O-]. The van der Waals surface area contributed by atoms with Crippen LogP contribution in [-0.4, -0.2) is 15.9 Å². The van der Waals surface area contributed by atoms with Crippen LogP contribution in [0.1, 0.15) is 32.9 Å². The first-order valence-electron chi connectivity index (χ1n) is 5.93. The van der Waals surface area contributed by atoms with Crippen molar-refractivity contribution < 1.29 is 27.4 Å². The second-order valence-electron chi connectivity index (χ2n) is 4.39. The zero-order chi connectivity index (χ0) is 17.4. The Kier molecular flexibility index (Phi) is 3.88. The molecule has 118 valence electrons. The molecule has 10 heteroatoms. The van der Waals surface area contributed by atoms with Gasteiger partial charge in [0.2, 0.25) is 5.78 Å². The summed E-state index contributed by atoms with van der Waals surface area (Å²) in [6.07, 6.45) is -4.79. The number of benzene rings is 1. The van der Waals surface area contributed by atoms with E-state index in [1.54, 1.807) is 6.07 Å². The predicted molar refractivity (Wildman–Crippen MR) is 67.5 cm³/mol. The van der Waals surface area contributed by atoms with Crippen molar-refractivity contribution in [2.24, 2.45) is 0 Å². The molecule has 0 spiro atoms. The van der Waals surface area contributed by atoms with Crippen LogP contribution in [0.2, 0.25) is 0 Å². The molecule has 0 atom stereocenters. The molecule has 23 heavy (non-hydrogen) atoms. The van der Waals surface area contributed by atoms with Crippen LogP contribution in [0.25, 0.3) is 0 Å². The average Bonchev–Trinajstić information content (AvgIpc) is 2.85. The van der Waals surface area contributed by atoms with Gasteiger partial charge in [0.05, 0.1) is 10.5 Å². The smallest absolute Gasteiger partial charge is 0.360 e. The van der Waals surface area contributed by atoms with Crippen molar-refractivity contribution in [3.8, 4) is 6.07 Å². The Morgan fingerprint density at radius 2 is 2.09 bits per heavy atom. The number of nitrogens with zero attached hydrogens (tertiary/aromatic N) is 3. The van der Waals surface area contributed by atoms with Crippen molar-refractivity contribution in [1.29, 1.82) is 5.26 Å². The Morgan fingerprint density at radius 1 is 1.43 bits per heavy atom. The van der Waals surface area contributed by atoms with E-state index in [1.165, 1.54) is 6.92 Å². The van der Waals surface area contributed by atoms with Crippen LogP contribution in [0.15, 0.2) is 22.7 Å². The van der Waals surface area contributed by atoms with Crippen LogP contribution in [0, 0.1) is 28.4 Å². The van der Waals surface area contributed by atoms with E-state index >= 15 is 0 Å². The third-order valence-electron chi connectivity index (χ3n) is 2.96. The average molecular weight is 325 g/mol. The topological polar surface area (TPSA) is 110 Å². The Bertz CT molecular complexity index is 849. The zero-order valence-electron chi connectivity index (χ0n) is 11.3. The van der Waals surface area contributed by atoms with E-state index in [4.69, 9.17) is 5.26 Å². The second-order valence-corrected chi connectivity index (χ2v) is 4.39. The zero-order valence-corrected chi connectivity index (χ0v) is 11.3. The summed E-state index contributed by atoms with van der Waals surface area (Å²) >= 11 is 0. The molecule has 2 aromatic rings. The van der Waals surface area contributed by atoms with Gasteiger partial charge in [-0.05, 0) is 19.1 Å². The summed E-state index contributed by atoms with van der Waals surface area (Å²) in [6.45, 7) is 1.30. The lowest BCUT2D eigenvalue weighted by Gasteiger charge is -2.08. The van der Waals surface area contributed by atoms with Crippen molar-refractivity contribution in [1.82, 2.24) is 5.16 Å². The number of halogens is 3. The third kappa shape index (κ3) is 2.89. The minimum atomic E-state index is -4.79. The van der Waals surface area contributed by atoms with E-state index in [2.05, 4.69) is 9.68 Å². The number of rotatable bonds is 3. The van der Waals surface area contributed by atoms with Crippen molar-refractivity contribution in [2.75, 3.05) is 0 Å². The van der Waals surface area contributed by atoms with Gasteiger partial charge >= 0.3 is 6.18 Å². The van der Waals surface area contributed by atoms with Gasteiger partial charge in [-0.1, -0.05) is 5.16 Å². The molecule has 0 fully saturated rings. The summed E-state index contributed by atoms with van der Waals surface area (Å²) in [5.41, 5.74) is -3.60. The Balaban J connectivity index is 2.64. The number of carbonyl (C=O) groups excluding carboxylic acids is 1. The summed E-state index contributed by atoms with van der Waals surface area (Å²) in [7, 11) is 0. The molecule has 2 rings (SSSR count). The number of aromatic nitrogens is 1. The number of nitro benzene ring substituents is 1. The summed E-state index contributed by atoms with van der Waals surface area (Å²) in [5.74, 6) is -1.08. The summed E-state index contributed by atoms with van der Waals surface area (Å²) in [4.78, 5) is 22.3. The normalized spacial score (nSPS) is 11.1. The highest BCUT2D eigenvalue weighted by Crippen LogP contribution is 2.34. The minimum absolute atomic E-state index is 0.0688.